The summed E-state index contributed by atoms with van der Waals surface area (Å²) in [5, 5.41) is 14.3. The molecule has 0 atom stereocenters. The maximum absolute atomic E-state index is 11.4. The minimum absolute atomic E-state index is 0.110. The van der Waals surface area contributed by atoms with Crippen LogP contribution >= 0.6 is 0 Å². The molecule has 2 heterocycles. The summed E-state index contributed by atoms with van der Waals surface area (Å²) in [5.74, 6) is 1.37. The number of aromatic nitrogens is 4. The number of carbonyl (C=O) groups is 1. The maximum atomic E-state index is 11.4. The first-order valence-electron chi connectivity index (χ1n) is 11.6. The molecular formula is C24H34N8O. The van der Waals surface area contributed by atoms with Crippen LogP contribution in [-0.2, 0) is 4.79 Å². The first-order valence-corrected chi connectivity index (χ1v) is 11.6. The summed E-state index contributed by atoms with van der Waals surface area (Å²) < 4.78 is 1.74. The number of rotatable bonds is 7. The van der Waals surface area contributed by atoms with Gasteiger partial charge in [-0.25, -0.2) is 0 Å². The monoisotopic (exact) mass is 450 g/mol. The molecule has 2 aromatic heterocycles. The Morgan fingerprint density at radius 2 is 1.85 bits per heavy atom. The molecular weight excluding hydrogens is 416 g/mol. The van der Waals surface area contributed by atoms with Gasteiger partial charge in [-0.15, -0.1) is 0 Å². The van der Waals surface area contributed by atoms with Gasteiger partial charge >= 0.3 is 0 Å². The van der Waals surface area contributed by atoms with Gasteiger partial charge in [0.15, 0.2) is 5.65 Å². The standard InChI is InChI=1S/C24H34N8O/c1-15(2)21-14-25-32-22(21)29-23(27-17-9-11-20(12-10-17)31(4)5)30-24(32)28-19-8-6-7-18(13-19)26-16(3)33/h6-8,13-15,17,20H,9-12H2,1-5H3,(H,26,33)(H2,27,28,29,30). The topological polar surface area (TPSA) is 99.5 Å². The summed E-state index contributed by atoms with van der Waals surface area (Å²) in [6, 6.07) is 8.53. The molecule has 1 fully saturated rings. The smallest absolute Gasteiger partial charge is 0.233 e. The lowest BCUT2D eigenvalue weighted by Gasteiger charge is -2.33. The van der Waals surface area contributed by atoms with Gasteiger partial charge in [-0.2, -0.15) is 19.6 Å². The zero-order chi connectivity index (χ0) is 23.5. The molecule has 1 aromatic carbocycles. The van der Waals surface area contributed by atoms with Crippen LogP contribution < -0.4 is 16.0 Å². The van der Waals surface area contributed by atoms with Gasteiger partial charge in [0.05, 0.1) is 6.20 Å². The van der Waals surface area contributed by atoms with Crippen molar-refractivity contribution < 1.29 is 4.79 Å². The number of anilines is 4. The van der Waals surface area contributed by atoms with Gasteiger partial charge in [0.25, 0.3) is 0 Å². The second kappa shape index (κ2) is 9.74. The van der Waals surface area contributed by atoms with Gasteiger partial charge < -0.3 is 20.9 Å². The molecule has 3 aromatic rings. The third-order valence-corrected chi connectivity index (χ3v) is 6.22. The molecule has 3 N–H and O–H groups in total. The highest BCUT2D eigenvalue weighted by Crippen LogP contribution is 2.27. The zero-order valence-electron chi connectivity index (χ0n) is 20.1. The predicted octanol–water partition coefficient (Wildman–Crippen LogP) is 4.23. The third-order valence-electron chi connectivity index (χ3n) is 6.22. The van der Waals surface area contributed by atoms with E-state index in [1.54, 1.807) is 4.52 Å². The van der Waals surface area contributed by atoms with Gasteiger partial charge in [0.2, 0.25) is 17.8 Å². The molecule has 1 aliphatic carbocycles. The quantitative estimate of drug-likeness (QED) is 0.495. The van der Waals surface area contributed by atoms with E-state index in [4.69, 9.17) is 9.97 Å². The first-order chi connectivity index (χ1) is 15.8. The second-order valence-electron chi connectivity index (χ2n) is 9.36. The summed E-state index contributed by atoms with van der Waals surface area (Å²) in [5.41, 5.74) is 3.40. The molecule has 9 heteroatoms. The van der Waals surface area contributed by atoms with Crippen LogP contribution in [0.3, 0.4) is 0 Å². The van der Waals surface area contributed by atoms with Gasteiger partial charge in [-0.05, 0) is 63.9 Å². The van der Waals surface area contributed by atoms with Crippen LogP contribution in [0.1, 0.15) is 57.9 Å². The van der Waals surface area contributed by atoms with Gasteiger partial charge in [0.1, 0.15) is 0 Å². The van der Waals surface area contributed by atoms with Crippen molar-refractivity contribution in [2.45, 2.75) is 64.5 Å². The lowest BCUT2D eigenvalue weighted by atomic mass is 9.91. The Morgan fingerprint density at radius 1 is 1.12 bits per heavy atom. The molecule has 1 aliphatic rings. The van der Waals surface area contributed by atoms with Crippen molar-refractivity contribution in [3.8, 4) is 0 Å². The van der Waals surface area contributed by atoms with Crippen LogP contribution in [0.5, 0.6) is 0 Å². The average molecular weight is 451 g/mol. The van der Waals surface area contributed by atoms with Gasteiger partial charge in [-0.3, -0.25) is 4.79 Å². The molecule has 1 saturated carbocycles. The summed E-state index contributed by atoms with van der Waals surface area (Å²) in [6.45, 7) is 5.77. The van der Waals surface area contributed by atoms with E-state index in [-0.39, 0.29) is 11.8 Å². The number of benzene rings is 1. The van der Waals surface area contributed by atoms with E-state index in [2.05, 4.69) is 53.9 Å². The number of amides is 1. The minimum Gasteiger partial charge on any atom is -0.351 e. The SMILES string of the molecule is CC(=O)Nc1cccc(Nc2nc(NC3CCC(N(C)C)CC3)nc3c(C(C)C)cnn23)c1. The van der Waals surface area contributed by atoms with E-state index in [0.29, 0.717) is 24.0 Å². The highest BCUT2D eigenvalue weighted by atomic mass is 16.1. The van der Waals surface area contributed by atoms with E-state index in [1.165, 1.54) is 6.92 Å². The molecule has 176 valence electrons. The maximum Gasteiger partial charge on any atom is 0.233 e. The fourth-order valence-electron chi connectivity index (χ4n) is 4.37. The van der Waals surface area contributed by atoms with E-state index in [0.717, 1.165) is 48.3 Å². The molecule has 0 aliphatic heterocycles. The summed E-state index contributed by atoms with van der Waals surface area (Å²) >= 11 is 0. The Bertz CT molecular complexity index is 1110. The first kappa shape index (κ1) is 23.0. The number of nitrogens with zero attached hydrogens (tertiary/aromatic N) is 5. The average Bonchev–Trinajstić information content (AvgIpc) is 3.18. The van der Waals surface area contributed by atoms with Crippen molar-refractivity contribution in [3.05, 3.63) is 36.0 Å². The highest BCUT2D eigenvalue weighted by molar-refractivity contribution is 5.89. The van der Waals surface area contributed by atoms with Crippen LogP contribution in [0.2, 0.25) is 0 Å². The number of hydrogen-bond acceptors (Lipinski definition) is 7. The Hall–Kier alpha value is -3.20. The lowest BCUT2D eigenvalue weighted by Crippen LogP contribution is -2.36. The van der Waals surface area contributed by atoms with E-state index >= 15 is 0 Å². The molecule has 1 amide bonds. The van der Waals surface area contributed by atoms with Crippen LogP contribution in [-0.4, -0.2) is 56.6 Å². The molecule has 0 spiro atoms. The zero-order valence-corrected chi connectivity index (χ0v) is 20.1. The van der Waals surface area contributed by atoms with Crippen molar-refractivity contribution >= 4 is 34.8 Å². The largest absolute Gasteiger partial charge is 0.351 e. The Kier molecular flexibility index (Phi) is 6.78. The van der Waals surface area contributed by atoms with Crippen LogP contribution in [0.15, 0.2) is 30.5 Å². The van der Waals surface area contributed by atoms with Crippen LogP contribution in [0, 0.1) is 0 Å². The molecule has 0 bridgehead atoms. The summed E-state index contributed by atoms with van der Waals surface area (Å²) in [7, 11) is 4.31. The normalized spacial score (nSPS) is 18.6. The second-order valence-corrected chi connectivity index (χ2v) is 9.36. The molecule has 0 unspecified atom stereocenters. The van der Waals surface area contributed by atoms with Crippen molar-refractivity contribution in [3.63, 3.8) is 0 Å². The van der Waals surface area contributed by atoms with Gasteiger partial charge in [0, 0.05) is 35.9 Å². The van der Waals surface area contributed by atoms with Crippen molar-refractivity contribution in [2.75, 3.05) is 30.0 Å². The van der Waals surface area contributed by atoms with Gasteiger partial charge in [-0.1, -0.05) is 19.9 Å². The lowest BCUT2D eigenvalue weighted by molar-refractivity contribution is -0.114. The number of carbonyl (C=O) groups excluding carboxylic acids is 1. The van der Waals surface area contributed by atoms with E-state index in [9.17, 15) is 4.79 Å². The Labute approximate surface area is 195 Å². The van der Waals surface area contributed by atoms with Crippen LogP contribution in [0.4, 0.5) is 23.3 Å². The highest BCUT2D eigenvalue weighted by Gasteiger charge is 2.24. The molecule has 0 radical (unpaired) electrons. The molecule has 9 nitrogen and oxygen atoms in total. The summed E-state index contributed by atoms with van der Waals surface area (Å²) in [4.78, 5) is 23.4. The molecule has 4 rings (SSSR count). The van der Waals surface area contributed by atoms with Crippen molar-refractivity contribution in [2.24, 2.45) is 0 Å². The summed E-state index contributed by atoms with van der Waals surface area (Å²) in [6.07, 6.45) is 6.37. The Balaban J connectivity index is 1.62. The van der Waals surface area contributed by atoms with Crippen molar-refractivity contribution in [1.29, 1.82) is 0 Å². The third kappa shape index (κ3) is 5.42. The number of nitrogens with one attached hydrogen (secondary N) is 3. The number of hydrogen-bond donors (Lipinski definition) is 3. The fraction of sp³-hybridized carbons (Fsp3) is 0.500. The van der Waals surface area contributed by atoms with E-state index in [1.807, 2.05) is 30.5 Å². The molecule has 0 saturated heterocycles. The van der Waals surface area contributed by atoms with E-state index < -0.39 is 0 Å². The number of fused-ring (bicyclic) bond motifs is 1. The Morgan fingerprint density at radius 3 is 2.52 bits per heavy atom. The molecule has 33 heavy (non-hydrogen) atoms. The van der Waals surface area contributed by atoms with Crippen LogP contribution in [0.25, 0.3) is 5.65 Å². The minimum atomic E-state index is -0.110. The van der Waals surface area contributed by atoms with Crippen molar-refractivity contribution in [1.82, 2.24) is 24.5 Å². The fourth-order valence-corrected chi connectivity index (χ4v) is 4.37. The predicted molar refractivity (Wildman–Crippen MR) is 132 cm³/mol.